The summed E-state index contributed by atoms with van der Waals surface area (Å²) in [5.74, 6) is 0.661. The van der Waals surface area contributed by atoms with E-state index in [0.717, 1.165) is 24.0 Å². The molecule has 2 aromatic rings. The van der Waals surface area contributed by atoms with Gasteiger partial charge in [-0.25, -0.2) is 4.39 Å². The summed E-state index contributed by atoms with van der Waals surface area (Å²) < 4.78 is 24.0. The first-order chi connectivity index (χ1) is 12.5. The number of benzene rings is 2. The van der Waals surface area contributed by atoms with Crippen LogP contribution in [0.5, 0.6) is 11.5 Å². The van der Waals surface area contributed by atoms with E-state index in [1.165, 1.54) is 12.1 Å². The Balaban J connectivity index is 1.72. The van der Waals surface area contributed by atoms with Crippen LogP contribution in [0, 0.1) is 5.82 Å². The standard InChI is InChI=1S/C20H21ClFNO3/c1-3-26-18-16(21)10-13(11-17(18)25-2)12-23-19(24)20(8-9-20)14-4-6-15(22)7-5-14/h4-7,10-11H,3,8-9,12H2,1-2H3,(H,23,24). The number of halogens is 2. The Bertz CT molecular complexity index is 803. The highest BCUT2D eigenvalue weighted by Gasteiger charge is 2.51. The molecule has 1 aliphatic rings. The fourth-order valence-electron chi connectivity index (χ4n) is 3.05. The molecule has 1 amide bonds. The number of ether oxygens (including phenoxy) is 2. The molecule has 0 aliphatic heterocycles. The lowest BCUT2D eigenvalue weighted by Gasteiger charge is -2.17. The van der Waals surface area contributed by atoms with Crippen LogP contribution in [0.15, 0.2) is 36.4 Å². The zero-order valence-corrected chi connectivity index (χ0v) is 15.5. The van der Waals surface area contributed by atoms with Crippen LogP contribution in [0.25, 0.3) is 0 Å². The first-order valence-electron chi connectivity index (χ1n) is 8.53. The second-order valence-corrected chi connectivity index (χ2v) is 6.72. The average molecular weight is 378 g/mol. The van der Waals surface area contributed by atoms with Crippen molar-refractivity contribution >= 4 is 17.5 Å². The number of hydrogen-bond donors (Lipinski definition) is 1. The Kier molecular flexibility index (Phi) is 5.37. The van der Waals surface area contributed by atoms with Gasteiger partial charge in [0.1, 0.15) is 5.82 Å². The molecule has 0 radical (unpaired) electrons. The van der Waals surface area contributed by atoms with Crippen LogP contribution in [0.3, 0.4) is 0 Å². The number of carbonyl (C=O) groups is 1. The van der Waals surface area contributed by atoms with Gasteiger partial charge in [-0.15, -0.1) is 0 Å². The molecule has 1 saturated carbocycles. The minimum atomic E-state index is -0.549. The minimum absolute atomic E-state index is 0.0620. The zero-order valence-electron chi connectivity index (χ0n) is 14.8. The normalized spacial score (nSPS) is 14.6. The predicted octanol–water partition coefficient (Wildman–Crippen LogP) is 4.23. The quantitative estimate of drug-likeness (QED) is 0.785. The second-order valence-electron chi connectivity index (χ2n) is 6.31. The van der Waals surface area contributed by atoms with E-state index in [-0.39, 0.29) is 11.7 Å². The van der Waals surface area contributed by atoms with Crippen LogP contribution in [-0.4, -0.2) is 19.6 Å². The topological polar surface area (TPSA) is 47.6 Å². The van der Waals surface area contributed by atoms with Gasteiger partial charge in [-0.05, 0) is 55.2 Å². The van der Waals surface area contributed by atoms with Gasteiger partial charge in [0, 0.05) is 6.54 Å². The minimum Gasteiger partial charge on any atom is -0.493 e. The van der Waals surface area contributed by atoms with Crippen molar-refractivity contribution in [3.63, 3.8) is 0 Å². The van der Waals surface area contributed by atoms with E-state index in [1.54, 1.807) is 31.4 Å². The molecule has 6 heteroatoms. The fourth-order valence-corrected chi connectivity index (χ4v) is 3.34. The highest BCUT2D eigenvalue weighted by Crippen LogP contribution is 2.48. The van der Waals surface area contributed by atoms with E-state index in [4.69, 9.17) is 21.1 Å². The molecule has 26 heavy (non-hydrogen) atoms. The monoisotopic (exact) mass is 377 g/mol. The molecular formula is C20H21ClFNO3. The van der Waals surface area contributed by atoms with Gasteiger partial charge in [-0.1, -0.05) is 23.7 Å². The molecule has 1 aliphatic carbocycles. The van der Waals surface area contributed by atoms with Crippen LogP contribution >= 0.6 is 11.6 Å². The molecule has 0 aromatic heterocycles. The summed E-state index contributed by atoms with van der Waals surface area (Å²) in [5, 5.41) is 3.40. The van der Waals surface area contributed by atoms with Crippen molar-refractivity contribution < 1.29 is 18.7 Å². The Morgan fingerprint density at radius 2 is 1.96 bits per heavy atom. The third kappa shape index (κ3) is 3.63. The van der Waals surface area contributed by atoms with Gasteiger partial charge in [0.15, 0.2) is 11.5 Å². The maximum absolute atomic E-state index is 13.1. The summed E-state index contributed by atoms with van der Waals surface area (Å²) in [5.41, 5.74) is 1.12. The predicted molar refractivity (Wildman–Crippen MR) is 98.3 cm³/mol. The molecule has 2 aromatic carbocycles. The molecular weight excluding hydrogens is 357 g/mol. The maximum Gasteiger partial charge on any atom is 0.230 e. The maximum atomic E-state index is 13.1. The van der Waals surface area contributed by atoms with Crippen molar-refractivity contribution in [2.45, 2.75) is 31.7 Å². The number of methoxy groups -OCH3 is 1. The summed E-state index contributed by atoms with van der Waals surface area (Å²) in [4.78, 5) is 12.7. The third-order valence-corrected chi connectivity index (χ3v) is 4.89. The number of hydrogen-bond acceptors (Lipinski definition) is 3. The summed E-state index contributed by atoms with van der Waals surface area (Å²) in [6.45, 7) is 2.67. The fraction of sp³-hybridized carbons (Fsp3) is 0.350. The average Bonchev–Trinajstić information content (AvgIpc) is 3.44. The number of amides is 1. The Morgan fingerprint density at radius 3 is 2.54 bits per heavy atom. The van der Waals surface area contributed by atoms with Gasteiger partial charge in [-0.2, -0.15) is 0 Å². The lowest BCUT2D eigenvalue weighted by Crippen LogP contribution is -2.34. The van der Waals surface area contributed by atoms with Crippen LogP contribution < -0.4 is 14.8 Å². The Labute approximate surface area is 157 Å². The van der Waals surface area contributed by atoms with Gasteiger partial charge in [0.05, 0.1) is 24.2 Å². The van der Waals surface area contributed by atoms with Crippen LogP contribution in [0.1, 0.15) is 30.9 Å². The first-order valence-corrected chi connectivity index (χ1v) is 8.91. The number of rotatable bonds is 7. The highest BCUT2D eigenvalue weighted by atomic mass is 35.5. The Hall–Kier alpha value is -2.27. The van der Waals surface area contributed by atoms with Crippen molar-refractivity contribution in [1.82, 2.24) is 5.32 Å². The van der Waals surface area contributed by atoms with Crippen LogP contribution in [0.4, 0.5) is 4.39 Å². The molecule has 0 spiro atoms. The lowest BCUT2D eigenvalue weighted by atomic mass is 9.95. The van der Waals surface area contributed by atoms with E-state index in [2.05, 4.69) is 5.32 Å². The summed E-state index contributed by atoms with van der Waals surface area (Å²) in [6, 6.07) is 9.69. The van der Waals surface area contributed by atoms with Gasteiger partial charge in [-0.3, -0.25) is 4.79 Å². The molecule has 0 bridgehead atoms. The second kappa shape index (κ2) is 7.54. The summed E-state index contributed by atoms with van der Waals surface area (Å²) in [7, 11) is 1.55. The molecule has 4 nitrogen and oxygen atoms in total. The number of nitrogens with one attached hydrogen (secondary N) is 1. The van der Waals surface area contributed by atoms with Gasteiger partial charge in [0.25, 0.3) is 0 Å². The van der Waals surface area contributed by atoms with E-state index in [1.807, 2.05) is 6.92 Å². The van der Waals surface area contributed by atoms with Crippen molar-refractivity contribution in [2.24, 2.45) is 0 Å². The molecule has 0 saturated heterocycles. The summed E-state index contributed by atoms with van der Waals surface area (Å²) >= 11 is 6.27. The van der Waals surface area contributed by atoms with Crippen LogP contribution in [0.2, 0.25) is 5.02 Å². The van der Waals surface area contributed by atoms with E-state index in [9.17, 15) is 9.18 Å². The van der Waals surface area contributed by atoms with Crippen LogP contribution in [-0.2, 0) is 16.8 Å². The SMILES string of the molecule is CCOc1c(Cl)cc(CNC(=O)C2(c3ccc(F)cc3)CC2)cc1OC. The number of carbonyl (C=O) groups excluding carboxylic acids is 1. The van der Waals surface area contributed by atoms with E-state index < -0.39 is 5.41 Å². The summed E-state index contributed by atoms with van der Waals surface area (Å²) in [6.07, 6.45) is 1.52. The smallest absolute Gasteiger partial charge is 0.230 e. The van der Waals surface area contributed by atoms with Gasteiger partial charge >= 0.3 is 0 Å². The van der Waals surface area contributed by atoms with E-state index in [0.29, 0.717) is 29.7 Å². The zero-order chi connectivity index (χ0) is 18.7. The Morgan fingerprint density at radius 1 is 1.27 bits per heavy atom. The third-order valence-electron chi connectivity index (χ3n) is 4.61. The van der Waals surface area contributed by atoms with Gasteiger partial charge < -0.3 is 14.8 Å². The first kappa shape index (κ1) is 18.5. The molecule has 138 valence electrons. The molecule has 0 atom stereocenters. The van der Waals surface area contributed by atoms with Crippen molar-refractivity contribution in [2.75, 3.05) is 13.7 Å². The van der Waals surface area contributed by atoms with Crippen molar-refractivity contribution in [3.05, 3.63) is 58.4 Å². The van der Waals surface area contributed by atoms with Gasteiger partial charge in [0.2, 0.25) is 5.91 Å². The lowest BCUT2D eigenvalue weighted by molar-refractivity contribution is -0.123. The molecule has 1 fully saturated rings. The molecule has 0 unspecified atom stereocenters. The largest absolute Gasteiger partial charge is 0.493 e. The van der Waals surface area contributed by atoms with Crippen molar-refractivity contribution in [3.8, 4) is 11.5 Å². The van der Waals surface area contributed by atoms with Crippen molar-refractivity contribution in [1.29, 1.82) is 0 Å². The highest BCUT2D eigenvalue weighted by molar-refractivity contribution is 6.32. The molecule has 1 N–H and O–H groups in total. The molecule has 0 heterocycles. The molecule has 3 rings (SSSR count). The van der Waals surface area contributed by atoms with E-state index >= 15 is 0 Å².